The maximum atomic E-state index is 12.6. The number of rotatable bonds is 4. The molecule has 2 aliphatic heterocycles. The Labute approximate surface area is 162 Å². The lowest BCUT2D eigenvalue weighted by Crippen LogP contribution is -2.34. The van der Waals surface area contributed by atoms with Crippen molar-refractivity contribution in [3.63, 3.8) is 0 Å². The number of amides is 1. The third kappa shape index (κ3) is 3.58. The van der Waals surface area contributed by atoms with E-state index in [1.807, 2.05) is 4.90 Å². The summed E-state index contributed by atoms with van der Waals surface area (Å²) >= 11 is 0. The summed E-state index contributed by atoms with van der Waals surface area (Å²) in [6, 6.07) is 9.72. The monoisotopic (exact) mass is 383 g/mol. The smallest absolute Gasteiger partial charge is 0.293 e. The highest BCUT2D eigenvalue weighted by molar-refractivity contribution is 6.05. The zero-order valence-corrected chi connectivity index (χ0v) is 15.5. The molecular weight excluding hydrogens is 362 g/mol. The van der Waals surface area contributed by atoms with Gasteiger partial charge in [-0.1, -0.05) is 6.92 Å². The van der Waals surface area contributed by atoms with E-state index < -0.39 is 10.8 Å². The first-order chi connectivity index (χ1) is 13.5. The number of nitro groups is 1. The van der Waals surface area contributed by atoms with Crippen LogP contribution in [0.1, 0.15) is 30.1 Å². The van der Waals surface area contributed by atoms with Gasteiger partial charge >= 0.3 is 0 Å². The van der Waals surface area contributed by atoms with Crippen LogP contribution in [-0.2, 0) is 0 Å². The summed E-state index contributed by atoms with van der Waals surface area (Å²) in [7, 11) is 0. The molecule has 0 aromatic heterocycles. The van der Waals surface area contributed by atoms with E-state index in [-0.39, 0.29) is 18.0 Å². The molecule has 8 heteroatoms. The molecule has 1 N–H and O–H groups in total. The highest BCUT2D eigenvalue weighted by Crippen LogP contribution is 2.35. The number of anilines is 2. The minimum atomic E-state index is -0.425. The van der Waals surface area contributed by atoms with Crippen molar-refractivity contribution in [1.29, 1.82) is 0 Å². The Morgan fingerprint density at radius 2 is 2.04 bits per heavy atom. The van der Waals surface area contributed by atoms with Crippen molar-refractivity contribution in [2.45, 2.75) is 19.8 Å². The molecule has 2 heterocycles. The standard InChI is InChI=1S/C20H21N3O5/c1-13-3-2-8-22(11-13)16-6-4-14(9-17(16)23(25)26)20(24)21-15-5-7-18-19(10-15)28-12-27-18/h4-7,9-10,13H,2-3,8,11-12H2,1H3,(H,21,24)/t13-/m0/s1. The molecule has 28 heavy (non-hydrogen) atoms. The number of hydrogen-bond donors (Lipinski definition) is 1. The quantitative estimate of drug-likeness (QED) is 0.637. The number of carbonyl (C=O) groups excluding carboxylic acids is 1. The second-order valence-electron chi connectivity index (χ2n) is 7.18. The first-order valence-electron chi connectivity index (χ1n) is 9.25. The highest BCUT2D eigenvalue weighted by Gasteiger charge is 2.25. The highest BCUT2D eigenvalue weighted by atomic mass is 16.7. The van der Waals surface area contributed by atoms with Gasteiger partial charge in [0.2, 0.25) is 6.79 Å². The fourth-order valence-electron chi connectivity index (χ4n) is 3.66. The van der Waals surface area contributed by atoms with Crippen molar-refractivity contribution in [3.8, 4) is 11.5 Å². The topological polar surface area (TPSA) is 93.9 Å². The molecule has 0 spiro atoms. The SMILES string of the molecule is C[C@H]1CCCN(c2ccc(C(=O)Nc3ccc4c(c3)OCO4)cc2[N+](=O)[O-])C1. The van der Waals surface area contributed by atoms with Crippen LogP contribution < -0.4 is 19.7 Å². The molecule has 0 bridgehead atoms. The Hall–Kier alpha value is -3.29. The van der Waals surface area contributed by atoms with Crippen molar-refractivity contribution < 1.29 is 19.2 Å². The molecule has 1 atom stereocenters. The fraction of sp³-hybridized carbons (Fsp3) is 0.350. The number of hydrogen-bond acceptors (Lipinski definition) is 6. The van der Waals surface area contributed by atoms with E-state index in [0.717, 1.165) is 25.9 Å². The molecule has 0 saturated carbocycles. The van der Waals surface area contributed by atoms with Gasteiger partial charge in [0, 0.05) is 36.5 Å². The molecular formula is C20H21N3O5. The minimum Gasteiger partial charge on any atom is -0.454 e. The van der Waals surface area contributed by atoms with E-state index >= 15 is 0 Å². The van der Waals surface area contributed by atoms with Gasteiger partial charge in [0.1, 0.15) is 5.69 Å². The van der Waals surface area contributed by atoms with Gasteiger partial charge in [0.15, 0.2) is 11.5 Å². The average Bonchev–Trinajstić information content (AvgIpc) is 3.15. The second kappa shape index (κ2) is 7.38. The van der Waals surface area contributed by atoms with Crippen LogP contribution in [0.5, 0.6) is 11.5 Å². The summed E-state index contributed by atoms with van der Waals surface area (Å²) in [5.41, 5.74) is 1.28. The molecule has 0 unspecified atom stereocenters. The van der Waals surface area contributed by atoms with Crippen LogP contribution in [0.2, 0.25) is 0 Å². The molecule has 146 valence electrons. The van der Waals surface area contributed by atoms with Gasteiger partial charge in [-0.3, -0.25) is 14.9 Å². The zero-order valence-electron chi connectivity index (χ0n) is 15.5. The first-order valence-corrected chi connectivity index (χ1v) is 9.25. The fourth-order valence-corrected chi connectivity index (χ4v) is 3.66. The summed E-state index contributed by atoms with van der Waals surface area (Å²) in [6.07, 6.45) is 2.13. The van der Waals surface area contributed by atoms with Crippen molar-refractivity contribution in [2.75, 3.05) is 30.1 Å². The number of carbonyl (C=O) groups is 1. The summed E-state index contributed by atoms with van der Waals surface area (Å²) in [4.78, 5) is 25.8. The van der Waals surface area contributed by atoms with E-state index in [0.29, 0.717) is 28.8 Å². The number of ether oxygens (including phenoxy) is 2. The van der Waals surface area contributed by atoms with E-state index in [9.17, 15) is 14.9 Å². The van der Waals surface area contributed by atoms with Gasteiger partial charge in [-0.15, -0.1) is 0 Å². The van der Waals surface area contributed by atoms with Gasteiger partial charge in [-0.05, 0) is 43.0 Å². The van der Waals surface area contributed by atoms with Crippen LogP contribution in [-0.4, -0.2) is 30.7 Å². The number of benzene rings is 2. The Bertz CT molecular complexity index is 930. The molecule has 1 fully saturated rings. The summed E-state index contributed by atoms with van der Waals surface area (Å²) in [5.74, 6) is 1.25. The lowest BCUT2D eigenvalue weighted by atomic mass is 9.99. The van der Waals surface area contributed by atoms with Crippen molar-refractivity contribution >= 4 is 23.0 Å². The number of piperidine rings is 1. The lowest BCUT2D eigenvalue weighted by molar-refractivity contribution is -0.384. The van der Waals surface area contributed by atoms with Gasteiger partial charge < -0.3 is 19.7 Å². The molecule has 0 radical (unpaired) electrons. The van der Waals surface area contributed by atoms with E-state index in [1.165, 1.54) is 6.07 Å². The van der Waals surface area contributed by atoms with Gasteiger partial charge in [-0.25, -0.2) is 0 Å². The van der Waals surface area contributed by atoms with Crippen LogP contribution in [0, 0.1) is 16.0 Å². The first kappa shape index (κ1) is 18.1. The molecule has 1 saturated heterocycles. The average molecular weight is 383 g/mol. The Morgan fingerprint density at radius 1 is 1.21 bits per heavy atom. The van der Waals surface area contributed by atoms with Crippen molar-refractivity contribution in [3.05, 3.63) is 52.1 Å². The molecule has 0 aliphatic carbocycles. The normalized spacial score (nSPS) is 18.0. The summed E-state index contributed by atoms with van der Waals surface area (Å²) in [6.45, 7) is 3.86. The molecule has 8 nitrogen and oxygen atoms in total. The Morgan fingerprint density at radius 3 is 2.82 bits per heavy atom. The minimum absolute atomic E-state index is 0.0487. The number of fused-ring (bicyclic) bond motifs is 1. The van der Waals surface area contributed by atoms with E-state index in [1.54, 1.807) is 30.3 Å². The van der Waals surface area contributed by atoms with Crippen molar-refractivity contribution in [2.24, 2.45) is 5.92 Å². The zero-order chi connectivity index (χ0) is 19.7. The van der Waals surface area contributed by atoms with E-state index in [4.69, 9.17) is 9.47 Å². The molecule has 2 aromatic carbocycles. The molecule has 4 rings (SSSR count). The van der Waals surface area contributed by atoms with Crippen LogP contribution in [0.15, 0.2) is 36.4 Å². The molecule has 2 aromatic rings. The van der Waals surface area contributed by atoms with Crippen LogP contribution in [0.25, 0.3) is 0 Å². The predicted molar refractivity (Wildman–Crippen MR) is 104 cm³/mol. The maximum Gasteiger partial charge on any atom is 0.293 e. The van der Waals surface area contributed by atoms with Crippen LogP contribution in [0.3, 0.4) is 0 Å². The van der Waals surface area contributed by atoms with Crippen molar-refractivity contribution in [1.82, 2.24) is 0 Å². The largest absolute Gasteiger partial charge is 0.454 e. The van der Waals surface area contributed by atoms with Crippen LogP contribution >= 0.6 is 0 Å². The number of nitro benzene ring substituents is 1. The third-order valence-electron chi connectivity index (χ3n) is 5.06. The summed E-state index contributed by atoms with van der Waals surface area (Å²) < 4.78 is 10.5. The Kier molecular flexibility index (Phi) is 4.77. The summed E-state index contributed by atoms with van der Waals surface area (Å²) in [5, 5.41) is 14.4. The van der Waals surface area contributed by atoms with E-state index in [2.05, 4.69) is 12.2 Å². The predicted octanol–water partition coefficient (Wildman–Crippen LogP) is 3.81. The third-order valence-corrected chi connectivity index (χ3v) is 5.06. The van der Waals surface area contributed by atoms with Crippen LogP contribution in [0.4, 0.5) is 17.1 Å². The van der Waals surface area contributed by atoms with Gasteiger partial charge in [0.25, 0.3) is 11.6 Å². The lowest BCUT2D eigenvalue weighted by Gasteiger charge is -2.32. The molecule has 2 aliphatic rings. The second-order valence-corrected chi connectivity index (χ2v) is 7.18. The van der Waals surface area contributed by atoms with Gasteiger partial charge in [0.05, 0.1) is 4.92 Å². The maximum absolute atomic E-state index is 12.6. The number of nitrogens with zero attached hydrogens (tertiary/aromatic N) is 2. The number of nitrogens with one attached hydrogen (secondary N) is 1. The Balaban J connectivity index is 1.56. The molecule has 1 amide bonds. The van der Waals surface area contributed by atoms with Gasteiger partial charge in [-0.2, -0.15) is 0 Å².